The standard InChI is InChI=1S/C27H32ClN3O6/c1-16-13-29-37-23(16)15-36-22-9-8-20(28)19-10-12-31(21(25(19)22)14-30-11-4-7-24(30)32)26(33)17-5-2-3-6-18(17)27(34)35/h8-9,13,17-18,21H,2-7,10-12,14-15H2,1H3,(H,34,35). The van der Waals surface area contributed by atoms with Gasteiger partial charge in [0.1, 0.15) is 12.4 Å². The lowest BCUT2D eigenvalue weighted by Crippen LogP contribution is -2.50. The molecule has 198 valence electrons. The minimum Gasteiger partial charge on any atom is -0.485 e. The molecule has 3 aliphatic rings. The van der Waals surface area contributed by atoms with Gasteiger partial charge in [0.25, 0.3) is 0 Å². The van der Waals surface area contributed by atoms with Gasteiger partial charge in [-0.2, -0.15) is 0 Å². The molecule has 2 aromatic rings. The van der Waals surface area contributed by atoms with Gasteiger partial charge in [-0.05, 0) is 50.3 Å². The molecule has 3 heterocycles. The zero-order valence-corrected chi connectivity index (χ0v) is 21.7. The number of hydrogen-bond acceptors (Lipinski definition) is 6. The molecular weight excluding hydrogens is 498 g/mol. The number of aliphatic carboxylic acids is 1. The number of rotatable bonds is 7. The third kappa shape index (κ3) is 5.06. The van der Waals surface area contributed by atoms with E-state index in [2.05, 4.69) is 5.16 Å². The van der Waals surface area contributed by atoms with Crippen molar-refractivity contribution in [2.24, 2.45) is 11.8 Å². The zero-order chi connectivity index (χ0) is 26.1. The summed E-state index contributed by atoms with van der Waals surface area (Å²) >= 11 is 6.64. The second-order valence-corrected chi connectivity index (χ2v) is 10.6. The van der Waals surface area contributed by atoms with Gasteiger partial charge in [0.05, 0.1) is 24.1 Å². The van der Waals surface area contributed by atoms with Crippen LogP contribution >= 0.6 is 11.6 Å². The minimum atomic E-state index is -0.920. The molecule has 5 rings (SSSR count). The number of aromatic nitrogens is 1. The number of hydrogen-bond donors (Lipinski definition) is 1. The second-order valence-electron chi connectivity index (χ2n) is 10.2. The lowest BCUT2D eigenvalue weighted by molar-refractivity contribution is -0.154. The molecule has 0 radical (unpaired) electrons. The van der Waals surface area contributed by atoms with Crippen LogP contribution in [0.3, 0.4) is 0 Å². The first-order valence-electron chi connectivity index (χ1n) is 13.0. The first kappa shape index (κ1) is 25.6. The predicted molar refractivity (Wildman–Crippen MR) is 134 cm³/mol. The van der Waals surface area contributed by atoms with E-state index in [4.69, 9.17) is 20.9 Å². The maximum absolute atomic E-state index is 14.0. The van der Waals surface area contributed by atoms with Gasteiger partial charge in [0.2, 0.25) is 11.8 Å². The van der Waals surface area contributed by atoms with Crippen LogP contribution in [0.15, 0.2) is 22.9 Å². The van der Waals surface area contributed by atoms with Gasteiger partial charge in [-0.25, -0.2) is 0 Å². The fourth-order valence-corrected chi connectivity index (χ4v) is 6.26. The van der Waals surface area contributed by atoms with Crippen molar-refractivity contribution < 1.29 is 28.8 Å². The van der Waals surface area contributed by atoms with Crippen molar-refractivity contribution in [2.75, 3.05) is 19.6 Å². The number of likely N-dealkylation sites (tertiary alicyclic amines) is 1. The monoisotopic (exact) mass is 529 g/mol. The molecule has 2 amide bonds. The van der Waals surface area contributed by atoms with Crippen LogP contribution in [-0.2, 0) is 27.4 Å². The number of carbonyl (C=O) groups excluding carboxylic acids is 2. The number of carboxylic acids is 1. The Morgan fingerprint density at radius 1 is 1.16 bits per heavy atom. The summed E-state index contributed by atoms with van der Waals surface area (Å²) < 4.78 is 11.5. The summed E-state index contributed by atoms with van der Waals surface area (Å²) in [6, 6.07) is 3.10. The summed E-state index contributed by atoms with van der Waals surface area (Å²) in [6.45, 7) is 3.40. The van der Waals surface area contributed by atoms with E-state index in [-0.39, 0.29) is 18.4 Å². The molecule has 1 aliphatic carbocycles. The predicted octanol–water partition coefficient (Wildman–Crippen LogP) is 4.15. The van der Waals surface area contributed by atoms with E-state index in [1.54, 1.807) is 28.1 Å². The second kappa shape index (κ2) is 10.7. The largest absolute Gasteiger partial charge is 0.485 e. The smallest absolute Gasteiger partial charge is 0.307 e. The highest BCUT2D eigenvalue weighted by Crippen LogP contribution is 2.43. The van der Waals surface area contributed by atoms with Crippen molar-refractivity contribution >= 4 is 29.4 Å². The molecule has 0 spiro atoms. The first-order chi connectivity index (χ1) is 17.8. The van der Waals surface area contributed by atoms with Crippen LogP contribution in [0, 0.1) is 18.8 Å². The van der Waals surface area contributed by atoms with Crippen molar-refractivity contribution in [3.05, 3.63) is 45.8 Å². The Labute approximate surface area is 220 Å². The van der Waals surface area contributed by atoms with Gasteiger partial charge >= 0.3 is 5.97 Å². The third-order valence-corrected chi connectivity index (χ3v) is 8.38. The number of nitrogens with zero attached hydrogens (tertiary/aromatic N) is 3. The van der Waals surface area contributed by atoms with E-state index >= 15 is 0 Å². The molecule has 37 heavy (non-hydrogen) atoms. The highest BCUT2D eigenvalue weighted by atomic mass is 35.5. The molecule has 9 nitrogen and oxygen atoms in total. The molecule has 10 heteroatoms. The molecule has 1 saturated carbocycles. The molecule has 2 aliphatic heterocycles. The van der Waals surface area contributed by atoms with Crippen molar-refractivity contribution in [2.45, 2.75) is 64.5 Å². The SMILES string of the molecule is Cc1cnoc1COc1ccc(Cl)c2c1C(CN1CCCC1=O)N(C(=O)C1CCCCC1C(=O)O)CC2. The summed E-state index contributed by atoms with van der Waals surface area (Å²) in [5, 5.41) is 14.2. The van der Waals surface area contributed by atoms with E-state index < -0.39 is 23.8 Å². The quantitative estimate of drug-likeness (QED) is 0.573. The summed E-state index contributed by atoms with van der Waals surface area (Å²) in [5.74, 6) is -1.12. The summed E-state index contributed by atoms with van der Waals surface area (Å²) in [4.78, 5) is 42.2. The number of halogens is 1. The normalized spacial score (nSPS) is 23.7. The van der Waals surface area contributed by atoms with Crippen molar-refractivity contribution in [1.82, 2.24) is 15.0 Å². The van der Waals surface area contributed by atoms with Crippen LogP contribution in [0.5, 0.6) is 5.75 Å². The number of ether oxygens (including phenoxy) is 1. The fourth-order valence-electron chi connectivity index (χ4n) is 6.00. The number of benzene rings is 1. The lowest BCUT2D eigenvalue weighted by Gasteiger charge is -2.43. The summed E-state index contributed by atoms with van der Waals surface area (Å²) in [7, 11) is 0. The fraction of sp³-hybridized carbons (Fsp3) is 0.556. The average molecular weight is 530 g/mol. The Bertz CT molecular complexity index is 1200. The molecule has 1 N–H and O–H groups in total. The van der Waals surface area contributed by atoms with E-state index in [1.165, 1.54) is 0 Å². The van der Waals surface area contributed by atoms with E-state index in [0.717, 1.165) is 36.0 Å². The zero-order valence-electron chi connectivity index (χ0n) is 21.0. The van der Waals surface area contributed by atoms with Gasteiger partial charge in [-0.1, -0.05) is 29.6 Å². The summed E-state index contributed by atoms with van der Waals surface area (Å²) in [5.41, 5.74) is 2.55. The molecule has 3 atom stereocenters. The van der Waals surface area contributed by atoms with Crippen LogP contribution < -0.4 is 4.74 Å². The van der Waals surface area contributed by atoms with Crippen LogP contribution in [0.25, 0.3) is 0 Å². The lowest BCUT2D eigenvalue weighted by atomic mass is 9.77. The van der Waals surface area contributed by atoms with Gasteiger partial charge in [0, 0.05) is 42.2 Å². The number of carbonyl (C=O) groups is 3. The average Bonchev–Trinajstić information content (AvgIpc) is 3.50. The summed E-state index contributed by atoms with van der Waals surface area (Å²) in [6.07, 6.45) is 6.11. The Balaban J connectivity index is 1.52. The van der Waals surface area contributed by atoms with Crippen molar-refractivity contribution in [3.8, 4) is 5.75 Å². The van der Waals surface area contributed by atoms with Crippen LogP contribution in [0.2, 0.25) is 5.02 Å². The van der Waals surface area contributed by atoms with Gasteiger partial charge in [-0.3, -0.25) is 14.4 Å². The van der Waals surface area contributed by atoms with E-state index in [0.29, 0.717) is 61.8 Å². The van der Waals surface area contributed by atoms with E-state index in [9.17, 15) is 19.5 Å². The maximum Gasteiger partial charge on any atom is 0.307 e. The first-order valence-corrected chi connectivity index (χ1v) is 13.4. The Hall–Kier alpha value is -3.07. The van der Waals surface area contributed by atoms with Crippen LogP contribution in [0.4, 0.5) is 0 Å². The van der Waals surface area contributed by atoms with Crippen LogP contribution in [-0.4, -0.2) is 57.5 Å². The van der Waals surface area contributed by atoms with Gasteiger partial charge in [0.15, 0.2) is 5.76 Å². The number of aryl methyl sites for hydroxylation is 1. The maximum atomic E-state index is 14.0. The highest BCUT2D eigenvalue weighted by molar-refractivity contribution is 6.31. The van der Waals surface area contributed by atoms with Crippen molar-refractivity contribution in [3.63, 3.8) is 0 Å². The Morgan fingerprint density at radius 3 is 2.62 bits per heavy atom. The number of fused-ring (bicyclic) bond motifs is 1. The highest BCUT2D eigenvalue weighted by Gasteiger charge is 2.43. The van der Waals surface area contributed by atoms with Crippen molar-refractivity contribution in [1.29, 1.82) is 0 Å². The van der Waals surface area contributed by atoms with Crippen LogP contribution in [0.1, 0.15) is 67.0 Å². The van der Waals surface area contributed by atoms with E-state index in [1.807, 2.05) is 6.92 Å². The molecule has 1 aromatic carbocycles. The van der Waals surface area contributed by atoms with Gasteiger partial charge in [-0.15, -0.1) is 0 Å². The molecule has 1 aromatic heterocycles. The molecule has 0 bridgehead atoms. The minimum absolute atomic E-state index is 0.0578. The van der Waals surface area contributed by atoms with Gasteiger partial charge < -0.3 is 24.2 Å². The number of amides is 2. The molecular formula is C27H32ClN3O6. The topological polar surface area (TPSA) is 113 Å². The number of carboxylic acid groups (broad SMARTS) is 1. The molecule has 3 unspecified atom stereocenters. The Morgan fingerprint density at radius 2 is 1.95 bits per heavy atom. The molecule has 1 saturated heterocycles. The molecule has 2 fully saturated rings. The third-order valence-electron chi connectivity index (χ3n) is 8.03. The Kier molecular flexibility index (Phi) is 7.42.